The van der Waals surface area contributed by atoms with Crippen LogP contribution in [0, 0.1) is 5.92 Å². The summed E-state index contributed by atoms with van der Waals surface area (Å²) in [5.41, 5.74) is -1.15. The van der Waals surface area contributed by atoms with E-state index in [0.717, 1.165) is 30.0 Å². The SMILES string of the molecule is CC(C)(C)OP(=O)(OC[N+]12CCC(CC1)CC2)OC(C)(C)C.[Cl-]. The zero-order valence-electron chi connectivity index (χ0n) is 15.4. The van der Waals surface area contributed by atoms with Gasteiger partial charge in [-0.15, -0.1) is 0 Å². The Kier molecular flexibility index (Phi) is 6.80. The van der Waals surface area contributed by atoms with E-state index in [1.165, 1.54) is 19.3 Å². The summed E-state index contributed by atoms with van der Waals surface area (Å²) in [5, 5.41) is 0. The van der Waals surface area contributed by atoms with Crippen LogP contribution >= 0.6 is 7.82 Å². The summed E-state index contributed by atoms with van der Waals surface area (Å²) in [6.07, 6.45) is 3.77. The second kappa shape index (κ2) is 7.31. The summed E-state index contributed by atoms with van der Waals surface area (Å²) >= 11 is 0. The molecule has 3 rings (SSSR count). The number of hydrogen-bond donors (Lipinski definition) is 0. The lowest BCUT2D eigenvalue weighted by atomic mass is 9.86. The van der Waals surface area contributed by atoms with Crippen molar-refractivity contribution < 1.29 is 35.0 Å². The first-order chi connectivity index (χ1) is 9.91. The second-order valence-electron chi connectivity index (χ2n) is 8.86. The average molecular weight is 370 g/mol. The van der Waals surface area contributed by atoms with E-state index in [-0.39, 0.29) is 12.4 Å². The molecule has 0 aromatic heterocycles. The molecule has 0 aromatic rings. The topological polar surface area (TPSA) is 44.8 Å². The van der Waals surface area contributed by atoms with Gasteiger partial charge in [-0.25, -0.2) is 9.09 Å². The van der Waals surface area contributed by atoms with Gasteiger partial charge in [0.1, 0.15) is 0 Å². The van der Waals surface area contributed by atoms with Crippen molar-refractivity contribution in [2.75, 3.05) is 26.4 Å². The Labute approximate surface area is 147 Å². The lowest BCUT2D eigenvalue weighted by Crippen LogP contribution is -3.00. The summed E-state index contributed by atoms with van der Waals surface area (Å²) in [5.74, 6) is 0.892. The molecule has 3 aliphatic heterocycles. The van der Waals surface area contributed by atoms with Gasteiger partial charge in [0.2, 0.25) is 0 Å². The minimum Gasteiger partial charge on any atom is -1.00 e. The minimum atomic E-state index is -3.58. The lowest BCUT2D eigenvalue weighted by Gasteiger charge is -2.48. The molecular formula is C16H33ClNO4P. The molecule has 3 heterocycles. The molecule has 0 saturated carbocycles. The second-order valence-corrected chi connectivity index (χ2v) is 10.4. The highest BCUT2D eigenvalue weighted by Gasteiger charge is 2.44. The van der Waals surface area contributed by atoms with Gasteiger partial charge < -0.3 is 16.9 Å². The summed E-state index contributed by atoms with van der Waals surface area (Å²) in [4.78, 5) is 0. The van der Waals surface area contributed by atoms with Crippen LogP contribution in [0.5, 0.6) is 0 Å². The molecule has 0 amide bonds. The quantitative estimate of drug-likeness (QED) is 0.542. The molecule has 3 aliphatic rings. The monoisotopic (exact) mass is 369 g/mol. The zero-order chi connectivity index (χ0) is 16.6. The van der Waals surface area contributed by atoms with Crippen LogP contribution in [-0.4, -0.2) is 42.1 Å². The number of rotatable bonds is 5. The first-order valence-electron chi connectivity index (χ1n) is 8.42. The van der Waals surface area contributed by atoms with Gasteiger partial charge in [-0.2, -0.15) is 0 Å². The maximum Gasteiger partial charge on any atom is 0.480 e. The van der Waals surface area contributed by atoms with Crippen molar-refractivity contribution in [3.63, 3.8) is 0 Å². The molecule has 138 valence electrons. The molecule has 0 aromatic carbocycles. The van der Waals surface area contributed by atoms with Crippen molar-refractivity contribution in [2.24, 2.45) is 5.92 Å². The van der Waals surface area contributed by atoms with Gasteiger partial charge in [-0.3, -0.25) is 9.05 Å². The predicted molar refractivity (Wildman–Crippen MR) is 87.4 cm³/mol. The number of phosphoric ester groups is 1. The highest BCUT2D eigenvalue weighted by Crippen LogP contribution is 2.56. The molecule has 23 heavy (non-hydrogen) atoms. The summed E-state index contributed by atoms with van der Waals surface area (Å²) in [7, 11) is -3.58. The molecule has 2 bridgehead atoms. The fourth-order valence-corrected chi connectivity index (χ4v) is 5.14. The fourth-order valence-electron chi connectivity index (χ4n) is 3.27. The van der Waals surface area contributed by atoms with Crippen LogP contribution in [0.3, 0.4) is 0 Å². The Morgan fingerprint density at radius 3 is 1.65 bits per heavy atom. The van der Waals surface area contributed by atoms with Gasteiger partial charge in [0, 0.05) is 0 Å². The van der Waals surface area contributed by atoms with Crippen LogP contribution in [0.2, 0.25) is 0 Å². The standard InChI is InChI=1S/C16H33NO4P.ClH/c1-15(2,3)20-22(18,21-16(4,5)6)19-13-17-10-7-14(8-11-17)9-12-17;/h14H,7-13H2,1-6H3;1H/q+1;/p-1. The number of piperidine rings is 3. The largest absolute Gasteiger partial charge is 1.00 e. The number of halogens is 1. The Morgan fingerprint density at radius 1 is 0.913 bits per heavy atom. The fraction of sp³-hybridized carbons (Fsp3) is 1.00. The molecule has 0 radical (unpaired) electrons. The molecule has 0 aliphatic carbocycles. The molecule has 5 nitrogen and oxygen atoms in total. The minimum absolute atomic E-state index is 0. The predicted octanol–water partition coefficient (Wildman–Crippen LogP) is 1.33. The molecular weight excluding hydrogens is 337 g/mol. The van der Waals surface area contributed by atoms with Crippen molar-refractivity contribution in [3.8, 4) is 0 Å². The van der Waals surface area contributed by atoms with E-state index >= 15 is 0 Å². The number of phosphoric acid groups is 1. The highest BCUT2D eigenvalue weighted by atomic mass is 35.5. The Balaban J connectivity index is 0.00000264. The van der Waals surface area contributed by atoms with Crippen molar-refractivity contribution in [1.29, 1.82) is 0 Å². The van der Waals surface area contributed by atoms with Crippen molar-refractivity contribution in [2.45, 2.75) is 72.0 Å². The van der Waals surface area contributed by atoms with Gasteiger partial charge in [0.15, 0.2) is 6.73 Å². The maximum atomic E-state index is 13.1. The Hall–Kier alpha value is 0.360. The van der Waals surface area contributed by atoms with Crippen LogP contribution in [0.4, 0.5) is 0 Å². The normalized spacial score (nSPS) is 28.5. The third-order valence-electron chi connectivity index (χ3n) is 4.30. The smallest absolute Gasteiger partial charge is 0.480 e. The van der Waals surface area contributed by atoms with E-state index in [4.69, 9.17) is 13.6 Å². The molecule has 0 atom stereocenters. The molecule has 3 fully saturated rings. The van der Waals surface area contributed by atoms with E-state index in [0.29, 0.717) is 6.73 Å². The third-order valence-corrected chi connectivity index (χ3v) is 6.27. The first-order valence-corrected chi connectivity index (χ1v) is 9.88. The van der Waals surface area contributed by atoms with E-state index < -0.39 is 19.0 Å². The van der Waals surface area contributed by atoms with Gasteiger partial charge in [-0.05, 0) is 66.7 Å². The van der Waals surface area contributed by atoms with Crippen LogP contribution in [0.25, 0.3) is 0 Å². The van der Waals surface area contributed by atoms with Gasteiger partial charge in [0.25, 0.3) is 0 Å². The van der Waals surface area contributed by atoms with Gasteiger partial charge in [-0.1, -0.05) is 0 Å². The molecule has 0 unspecified atom stereocenters. The van der Waals surface area contributed by atoms with Crippen LogP contribution in [0.1, 0.15) is 60.8 Å². The zero-order valence-corrected chi connectivity index (χ0v) is 17.1. The number of hydrogen-bond acceptors (Lipinski definition) is 4. The average Bonchev–Trinajstić information content (AvgIpc) is 2.34. The highest BCUT2D eigenvalue weighted by molar-refractivity contribution is 7.48. The summed E-state index contributed by atoms with van der Waals surface area (Å²) in [6, 6.07) is 0. The number of nitrogens with zero attached hydrogens (tertiary/aromatic N) is 1. The molecule has 0 spiro atoms. The third kappa shape index (κ3) is 6.64. The van der Waals surface area contributed by atoms with Crippen LogP contribution in [0.15, 0.2) is 0 Å². The lowest BCUT2D eigenvalue weighted by molar-refractivity contribution is -0.956. The first kappa shape index (κ1) is 21.4. The number of fused-ring (bicyclic) bond motifs is 3. The van der Waals surface area contributed by atoms with Gasteiger partial charge in [0.05, 0.1) is 30.8 Å². The van der Waals surface area contributed by atoms with Crippen LogP contribution in [-0.2, 0) is 18.1 Å². The van der Waals surface area contributed by atoms with E-state index in [1.54, 1.807) is 0 Å². The Morgan fingerprint density at radius 2 is 1.30 bits per heavy atom. The van der Waals surface area contributed by atoms with Gasteiger partial charge >= 0.3 is 7.82 Å². The summed E-state index contributed by atoms with van der Waals surface area (Å²) in [6.45, 7) is 15.0. The maximum absolute atomic E-state index is 13.1. The van der Waals surface area contributed by atoms with Crippen LogP contribution < -0.4 is 12.4 Å². The van der Waals surface area contributed by atoms with E-state index in [9.17, 15) is 4.57 Å². The van der Waals surface area contributed by atoms with E-state index in [2.05, 4.69) is 0 Å². The molecule has 7 heteroatoms. The van der Waals surface area contributed by atoms with E-state index in [1.807, 2.05) is 41.5 Å². The molecule has 0 N–H and O–H groups in total. The Bertz CT molecular complexity index is 403. The van der Waals surface area contributed by atoms with Crippen molar-refractivity contribution in [3.05, 3.63) is 0 Å². The number of quaternary nitrogens is 1. The van der Waals surface area contributed by atoms with Crippen molar-refractivity contribution in [1.82, 2.24) is 0 Å². The summed E-state index contributed by atoms with van der Waals surface area (Å²) < 4.78 is 31.2. The molecule has 3 saturated heterocycles. The van der Waals surface area contributed by atoms with Crippen molar-refractivity contribution >= 4 is 7.82 Å².